The molecule has 4 aromatic rings. The van der Waals surface area contributed by atoms with Gasteiger partial charge in [-0.2, -0.15) is 0 Å². The van der Waals surface area contributed by atoms with E-state index in [9.17, 15) is 4.79 Å². The van der Waals surface area contributed by atoms with Crippen LogP contribution in [0.3, 0.4) is 0 Å². The van der Waals surface area contributed by atoms with E-state index in [4.69, 9.17) is 22.1 Å². The highest BCUT2D eigenvalue weighted by Gasteiger charge is 2.21. The Morgan fingerprint density at radius 1 is 1.21 bits per heavy atom. The molecule has 0 aliphatic heterocycles. The molecule has 28 heavy (non-hydrogen) atoms. The summed E-state index contributed by atoms with van der Waals surface area (Å²) < 4.78 is 6.24. The minimum atomic E-state index is -0.306. The lowest BCUT2D eigenvalue weighted by Gasteiger charge is -2.04. The monoisotopic (exact) mass is 432 g/mol. The van der Waals surface area contributed by atoms with E-state index in [-0.39, 0.29) is 5.91 Å². The van der Waals surface area contributed by atoms with Gasteiger partial charge in [-0.25, -0.2) is 9.97 Å². The van der Waals surface area contributed by atoms with E-state index < -0.39 is 0 Å². The molecule has 0 bridgehead atoms. The predicted octanol–water partition coefficient (Wildman–Crippen LogP) is 5.33. The Hall–Kier alpha value is -2.42. The third kappa shape index (κ3) is 2.97. The number of thiazole rings is 1. The molecular weight excluding hydrogens is 416 g/mol. The Morgan fingerprint density at radius 3 is 2.68 bits per heavy atom. The average molecular weight is 433 g/mol. The van der Waals surface area contributed by atoms with Crippen LogP contribution in [0.4, 0.5) is 10.8 Å². The van der Waals surface area contributed by atoms with Gasteiger partial charge in [0.25, 0.3) is 5.91 Å². The molecular formula is C19H17ClN4O2S2. The van der Waals surface area contributed by atoms with Crippen LogP contribution in [0.5, 0.6) is 5.75 Å². The first-order chi connectivity index (χ1) is 13.3. The number of nitrogens with zero attached hydrogens (tertiary/aromatic N) is 2. The summed E-state index contributed by atoms with van der Waals surface area (Å²) in [4.78, 5) is 23.1. The molecule has 3 heterocycles. The topological polar surface area (TPSA) is 90.1 Å². The van der Waals surface area contributed by atoms with Gasteiger partial charge in [-0.05, 0) is 38.0 Å². The normalized spacial score (nSPS) is 11.3. The van der Waals surface area contributed by atoms with Crippen molar-refractivity contribution in [2.75, 3.05) is 18.2 Å². The fourth-order valence-corrected chi connectivity index (χ4v) is 5.48. The van der Waals surface area contributed by atoms with Gasteiger partial charge in [-0.3, -0.25) is 10.1 Å². The number of aryl methyl sites for hydroxylation is 3. The number of nitrogens with two attached hydrogens (primary N) is 1. The molecule has 6 nitrogen and oxygen atoms in total. The van der Waals surface area contributed by atoms with Crippen molar-refractivity contribution < 1.29 is 9.53 Å². The molecule has 0 fully saturated rings. The molecule has 3 N–H and O–H groups in total. The first-order valence-electron chi connectivity index (χ1n) is 8.41. The largest absolute Gasteiger partial charge is 0.494 e. The summed E-state index contributed by atoms with van der Waals surface area (Å²) in [5.74, 6) is 0.262. The number of thiophene rings is 1. The zero-order chi connectivity index (χ0) is 20.2. The first-order valence-corrected chi connectivity index (χ1v) is 10.4. The van der Waals surface area contributed by atoms with Gasteiger partial charge in [0.15, 0.2) is 5.13 Å². The van der Waals surface area contributed by atoms with E-state index in [1.807, 2.05) is 26.8 Å². The number of methoxy groups -OCH3 is 1. The minimum Gasteiger partial charge on any atom is -0.494 e. The molecule has 1 amide bonds. The molecule has 0 spiro atoms. The van der Waals surface area contributed by atoms with Crippen molar-refractivity contribution in [1.82, 2.24) is 9.97 Å². The standard InChI is InChI=1S/C19H17ClN4O2S2/c1-7-5-8(2)22-18-12(7)13(21)16(27-18)17(25)24-19-23-14-11(26-4)6-10(20)9(3)15(14)28-19/h5-6H,21H2,1-4H3,(H,23,24,25). The van der Waals surface area contributed by atoms with Crippen molar-refractivity contribution in [2.45, 2.75) is 20.8 Å². The summed E-state index contributed by atoms with van der Waals surface area (Å²) in [6.45, 7) is 5.80. The highest BCUT2D eigenvalue weighted by atomic mass is 35.5. The van der Waals surface area contributed by atoms with Gasteiger partial charge in [0.1, 0.15) is 21.0 Å². The number of halogens is 1. The van der Waals surface area contributed by atoms with Crippen LogP contribution in [0.2, 0.25) is 5.02 Å². The Balaban J connectivity index is 1.75. The number of carbonyl (C=O) groups excluding carboxylic acids is 1. The lowest BCUT2D eigenvalue weighted by Crippen LogP contribution is -2.11. The summed E-state index contributed by atoms with van der Waals surface area (Å²) in [6.07, 6.45) is 0. The number of ether oxygens (including phenoxy) is 1. The molecule has 4 rings (SSSR count). The lowest BCUT2D eigenvalue weighted by atomic mass is 10.1. The van der Waals surface area contributed by atoms with Crippen LogP contribution in [-0.2, 0) is 0 Å². The molecule has 0 radical (unpaired) electrons. The summed E-state index contributed by atoms with van der Waals surface area (Å²) >= 11 is 8.90. The Labute approximate surface area is 174 Å². The summed E-state index contributed by atoms with van der Waals surface area (Å²) in [5, 5.41) is 4.74. The van der Waals surface area contributed by atoms with Crippen molar-refractivity contribution in [3.63, 3.8) is 0 Å². The number of carbonyl (C=O) groups is 1. The summed E-state index contributed by atoms with van der Waals surface area (Å²) in [5.41, 5.74) is 10.2. The molecule has 0 saturated carbocycles. The van der Waals surface area contributed by atoms with Gasteiger partial charge in [-0.1, -0.05) is 22.9 Å². The van der Waals surface area contributed by atoms with Crippen molar-refractivity contribution in [1.29, 1.82) is 0 Å². The fraction of sp³-hybridized carbons (Fsp3) is 0.211. The van der Waals surface area contributed by atoms with Gasteiger partial charge < -0.3 is 10.5 Å². The van der Waals surface area contributed by atoms with E-state index in [2.05, 4.69) is 15.3 Å². The van der Waals surface area contributed by atoms with E-state index in [0.717, 1.165) is 31.7 Å². The number of rotatable bonds is 3. The number of amides is 1. The number of hydrogen-bond acceptors (Lipinski definition) is 7. The molecule has 0 saturated heterocycles. The van der Waals surface area contributed by atoms with Crippen LogP contribution in [0.25, 0.3) is 20.4 Å². The third-order valence-electron chi connectivity index (χ3n) is 4.49. The highest BCUT2D eigenvalue weighted by molar-refractivity contribution is 7.23. The number of aromatic nitrogens is 2. The average Bonchev–Trinajstić information content (AvgIpc) is 3.19. The van der Waals surface area contributed by atoms with E-state index in [1.54, 1.807) is 13.2 Å². The maximum atomic E-state index is 12.9. The van der Waals surface area contributed by atoms with Crippen LogP contribution < -0.4 is 15.8 Å². The molecule has 1 aromatic carbocycles. The van der Waals surface area contributed by atoms with Crippen LogP contribution in [0.15, 0.2) is 12.1 Å². The number of nitrogens with one attached hydrogen (secondary N) is 1. The maximum Gasteiger partial charge on any atom is 0.269 e. The molecule has 0 unspecified atom stereocenters. The second-order valence-electron chi connectivity index (χ2n) is 6.44. The molecule has 144 valence electrons. The van der Waals surface area contributed by atoms with E-state index in [1.165, 1.54) is 22.7 Å². The van der Waals surface area contributed by atoms with Gasteiger partial charge >= 0.3 is 0 Å². The van der Waals surface area contributed by atoms with Crippen molar-refractivity contribution >= 4 is 71.4 Å². The van der Waals surface area contributed by atoms with Crippen LogP contribution >= 0.6 is 34.3 Å². The molecule has 0 aliphatic carbocycles. The molecule has 9 heteroatoms. The SMILES string of the molecule is COc1cc(Cl)c(C)c2sc(NC(=O)c3sc4nc(C)cc(C)c4c3N)nc12. The zero-order valence-corrected chi connectivity index (χ0v) is 18.0. The maximum absolute atomic E-state index is 12.9. The Kier molecular flexibility index (Phi) is 4.65. The lowest BCUT2D eigenvalue weighted by molar-refractivity contribution is 0.103. The molecule has 3 aromatic heterocycles. The number of hydrogen-bond donors (Lipinski definition) is 2. The second kappa shape index (κ2) is 6.88. The van der Waals surface area contributed by atoms with Gasteiger partial charge in [0, 0.05) is 22.2 Å². The summed E-state index contributed by atoms with van der Waals surface area (Å²) in [7, 11) is 1.56. The fourth-order valence-electron chi connectivity index (χ4n) is 3.14. The first kappa shape index (κ1) is 18.9. The Morgan fingerprint density at radius 2 is 1.96 bits per heavy atom. The van der Waals surface area contributed by atoms with E-state index in [0.29, 0.717) is 32.0 Å². The molecule has 0 atom stereocenters. The van der Waals surface area contributed by atoms with Crippen LogP contribution in [-0.4, -0.2) is 23.0 Å². The van der Waals surface area contributed by atoms with Crippen molar-refractivity contribution in [2.24, 2.45) is 0 Å². The Bertz CT molecular complexity index is 1260. The van der Waals surface area contributed by atoms with Gasteiger partial charge in [0.05, 0.1) is 17.5 Å². The van der Waals surface area contributed by atoms with Crippen LogP contribution in [0, 0.1) is 20.8 Å². The van der Waals surface area contributed by atoms with E-state index >= 15 is 0 Å². The predicted molar refractivity (Wildman–Crippen MR) is 117 cm³/mol. The van der Waals surface area contributed by atoms with Gasteiger partial charge in [-0.15, -0.1) is 11.3 Å². The third-order valence-corrected chi connectivity index (χ3v) is 7.07. The molecule has 0 aliphatic rings. The summed E-state index contributed by atoms with van der Waals surface area (Å²) in [6, 6.07) is 3.69. The quantitative estimate of drug-likeness (QED) is 0.456. The number of anilines is 2. The number of fused-ring (bicyclic) bond motifs is 2. The van der Waals surface area contributed by atoms with Crippen molar-refractivity contribution in [3.8, 4) is 5.75 Å². The van der Waals surface area contributed by atoms with Gasteiger partial charge in [0.2, 0.25) is 0 Å². The minimum absolute atomic E-state index is 0.306. The number of pyridine rings is 1. The van der Waals surface area contributed by atoms with Crippen molar-refractivity contribution in [3.05, 3.63) is 38.9 Å². The number of nitrogen functional groups attached to an aromatic ring is 1. The highest BCUT2D eigenvalue weighted by Crippen LogP contribution is 2.40. The zero-order valence-electron chi connectivity index (χ0n) is 15.6. The second-order valence-corrected chi connectivity index (χ2v) is 8.85. The number of benzene rings is 1. The smallest absolute Gasteiger partial charge is 0.269 e. The van der Waals surface area contributed by atoms with Crippen LogP contribution in [0.1, 0.15) is 26.5 Å².